The lowest BCUT2D eigenvalue weighted by molar-refractivity contribution is -0.121. The molecule has 2 heterocycles. The fourth-order valence-corrected chi connectivity index (χ4v) is 5.20. The van der Waals surface area contributed by atoms with Gasteiger partial charge in [0.05, 0.1) is 5.69 Å². The third kappa shape index (κ3) is 4.37. The molecule has 0 atom stereocenters. The third-order valence-corrected chi connectivity index (χ3v) is 6.85. The zero-order valence-corrected chi connectivity index (χ0v) is 18.2. The first-order valence-electron chi connectivity index (χ1n) is 10.5. The second-order valence-corrected chi connectivity index (χ2v) is 10.2. The summed E-state index contributed by atoms with van der Waals surface area (Å²) in [5.74, 6) is 0.756. The van der Waals surface area contributed by atoms with Crippen LogP contribution in [0.15, 0.2) is 29.6 Å². The Morgan fingerprint density at radius 2 is 1.93 bits per heavy atom. The maximum Gasteiger partial charge on any atom is 0.254 e. The first-order valence-corrected chi connectivity index (χ1v) is 11.3. The Balaban J connectivity index is 1.27. The molecule has 0 radical (unpaired) electrons. The summed E-state index contributed by atoms with van der Waals surface area (Å²) in [4.78, 5) is 31.8. The molecule has 0 saturated heterocycles. The summed E-state index contributed by atoms with van der Waals surface area (Å²) in [6.07, 6.45) is 3.73. The molecule has 29 heavy (non-hydrogen) atoms. The number of anilines is 1. The van der Waals surface area contributed by atoms with Gasteiger partial charge >= 0.3 is 0 Å². The zero-order chi connectivity index (χ0) is 20.6. The molecule has 0 unspecified atom stereocenters. The van der Waals surface area contributed by atoms with Crippen LogP contribution in [0, 0.1) is 11.8 Å². The number of aromatic nitrogens is 1. The topological polar surface area (TPSA) is 62.3 Å². The fraction of sp³-hybridized carbons (Fsp3) is 0.522. The first-order chi connectivity index (χ1) is 13.8. The van der Waals surface area contributed by atoms with Crippen LogP contribution in [0.25, 0.3) is 0 Å². The highest BCUT2D eigenvalue weighted by Gasteiger charge is 2.32. The summed E-state index contributed by atoms with van der Waals surface area (Å²) in [6, 6.07) is 7.88. The third-order valence-electron chi connectivity index (χ3n) is 6.10. The molecule has 2 amide bonds. The highest BCUT2D eigenvalue weighted by atomic mass is 32.1. The number of amides is 2. The molecule has 1 aliphatic heterocycles. The molecule has 1 aliphatic carbocycles. The number of fused-ring (bicyclic) bond motifs is 1. The maximum absolute atomic E-state index is 12.7. The molecule has 154 valence electrons. The van der Waals surface area contributed by atoms with Crippen LogP contribution in [0.1, 0.15) is 68.1 Å². The monoisotopic (exact) mass is 411 g/mol. The lowest BCUT2D eigenvalue weighted by Crippen LogP contribution is -2.34. The lowest BCUT2D eigenvalue weighted by atomic mass is 9.81. The molecule has 1 aromatic carbocycles. The number of nitrogens with zero attached hydrogens (tertiary/aromatic N) is 2. The highest BCUT2D eigenvalue weighted by Crippen LogP contribution is 2.33. The largest absolute Gasteiger partial charge is 0.334 e. The van der Waals surface area contributed by atoms with Crippen LogP contribution in [-0.4, -0.2) is 28.2 Å². The van der Waals surface area contributed by atoms with E-state index in [1.165, 1.54) is 11.3 Å². The minimum absolute atomic E-state index is 0.00972. The van der Waals surface area contributed by atoms with Gasteiger partial charge in [0.25, 0.3) is 5.91 Å². The molecule has 1 fully saturated rings. The molecular weight excluding hydrogens is 382 g/mol. The average Bonchev–Trinajstić information content (AvgIpc) is 3.28. The predicted molar refractivity (Wildman–Crippen MR) is 116 cm³/mol. The van der Waals surface area contributed by atoms with Gasteiger partial charge in [-0.05, 0) is 43.2 Å². The van der Waals surface area contributed by atoms with Gasteiger partial charge in [-0.15, -0.1) is 11.3 Å². The van der Waals surface area contributed by atoms with E-state index in [4.69, 9.17) is 0 Å². The SMILES string of the molecule is CC(C)(C)c1csc(NC(=O)C2CCC(CN3Cc4ccccc4C3=O)CC2)n1. The molecule has 2 aliphatic rings. The average molecular weight is 412 g/mol. The summed E-state index contributed by atoms with van der Waals surface area (Å²) >= 11 is 1.50. The molecule has 1 saturated carbocycles. The fourth-order valence-electron chi connectivity index (χ4n) is 4.26. The number of nitrogens with one attached hydrogen (secondary N) is 1. The Bertz CT molecular complexity index is 907. The van der Waals surface area contributed by atoms with Gasteiger partial charge in [0, 0.05) is 35.4 Å². The predicted octanol–water partition coefficient (Wildman–Crippen LogP) is 4.84. The van der Waals surface area contributed by atoms with E-state index in [2.05, 4.69) is 31.1 Å². The van der Waals surface area contributed by atoms with Crippen molar-refractivity contribution in [2.45, 2.75) is 58.4 Å². The van der Waals surface area contributed by atoms with Gasteiger partial charge in [-0.1, -0.05) is 39.0 Å². The van der Waals surface area contributed by atoms with E-state index >= 15 is 0 Å². The standard InChI is InChI=1S/C23H29N3O2S/c1-23(2,3)19-14-29-22(24-19)25-20(27)16-10-8-15(9-11-16)12-26-13-17-6-4-5-7-18(17)21(26)28/h4-7,14-16H,8-13H2,1-3H3,(H,24,25,27). The minimum Gasteiger partial charge on any atom is -0.334 e. The molecule has 1 aromatic heterocycles. The Morgan fingerprint density at radius 3 is 2.59 bits per heavy atom. The van der Waals surface area contributed by atoms with Crippen LogP contribution in [0.5, 0.6) is 0 Å². The minimum atomic E-state index is -0.00972. The second-order valence-electron chi connectivity index (χ2n) is 9.34. The van der Waals surface area contributed by atoms with Crippen molar-refractivity contribution in [1.82, 2.24) is 9.88 Å². The van der Waals surface area contributed by atoms with Crippen molar-refractivity contribution in [3.63, 3.8) is 0 Å². The first kappa shape index (κ1) is 20.1. The van der Waals surface area contributed by atoms with Crippen molar-refractivity contribution in [3.8, 4) is 0 Å². The van der Waals surface area contributed by atoms with Gasteiger partial charge in [-0.3, -0.25) is 9.59 Å². The number of rotatable bonds is 4. The molecule has 2 aromatic rings. The Labute approximate surface area is 176 Å². The number of hydrogen-bond donors (Lipinski definition) is 1. The maximum atomic E-state index is 12.7. The molecule has 5 nitrogen and oxygen atoms in total. The summed E-state index contributed by atoms with van der Waals surface area (Å²) in [6.45, 7) is 7.88. The van der Waals surface area contributed by atoms with Crippen LogP contribution in [0.3, 0.4) is 0 Å². The van der Waals surface area contributed by atoms with Gasteiger partial charge in [0.2, 0.25) is 5.91 Å². The van der Waals surface area contributed by atoms with Gasteiger partial charge in [0.1, 0.15) is 0 Å². The Hall–Kier alpha value is -2.21. The molecular formula is C23H29N3O2S. The van der Waals surface area contributed by atoms with Crippen molar-refractivity contribution < 1.29 is 9.59 Å². The summed E-state index contributed by atoms with van der Waals surface area (Å²) in [5.41, 5.74) is 2.98. The van der Waals surface area contributed by atoms with Crippen LogP contribution in [-0.2, 0) is 16.8 Å². The van der Waals surface area contributed by atoms with E-state index in [9.17, 15) is 9.59 Å². The van der Waals surface area contributed by atoms with E-state index < -0.39 is 0 Å². The van der Waals surface area contributed by atoms with Gasteiger partial charge in [-0.2, -0.15) is 0 Å². The van der Waals surface area contributed by atoms with Gasteiger partial charge < -0.3 is 10.2 Å². The number of benzene rings is 1. The van der Waals surface area contributed by atoms with E-state index in [0.717, 1.165) is 55.6 Å². The van der Waals surface area contributed by atoms with E-state index in [-0.39, 0.29) is 23.1 Å². The van der Waals surface area contributed by atoms with Crippen LogP contribution >= 0.6 is 11.3 Å². The normalized spacial score (nSPS) is 21.9. The molecule has 4 rings (SSSR count). The van der Waals surface area contributed by atoms with Crippen molar-refractivity contribution in [1.29, 1.82) is 0 Å². The van der Waals surface area contributed by atoms with Crippen molar-refractivity contribution in [2.75, 3.05) is 11.9 Å². The Morgan fingerprint density at radius 1 is 1.21 bits per heavy atom. The smallest absolute Gasteiger partial charge is 0.254 e. The van der Waals surface area contributed by atoms with E-state index in [0.29, 0.717) is 11.0 Å². The highest BCUT2D eigenvalue weighted by molar-refractivity contribution is 7.13. The van der Waals surface area contributed by atoms with E-state index in [1.54, 1.807) is 0 Å². The van der Waals surface area contributed by atoms with Crippen LogP contribution in [0.2, 0.25) is 0 Å². The van der Waals surface area contributed by atoms with Crippen molar-refractivity contribution in [2.24, 2.45) is 11.8 Å². The molecule has 0 spiro atoms. The number of hydrogen-bond acceptors (Lipinski definition) is 4. The van der Waals surface area contributed by atoms with Crippen LogP contribution < -0.4 is 5.32 Å². The number of thiazole rings is 1. The quantitative estimate of drug-likeness (QED) is 0.783. The van der Waals surface area contributed by atoms with Crippen molar-refractivity contribution in [3.05, 3.63) is 46.5 Å². The Kier molecular flexibility index (Phi) is 5.47. The van der Waals surface area contributed by atoms with Crippen molar-refractivity contribution >= 4 is 28.3 Å². The molecule has 0 bridgehead atoms. The number of carbonyl (C=O) groups is 2. The lowest BCUT2D eigenvalue weighted by Gasteiger charge is -2.30. The summed E-state index contributed by atoms with van der Waals surface area (Å²) in [5, 5.41) is 5.74. The summed E-state index contributed by atoms with van der Waals surface area (Å²) in [7, 11) is 0. The van der Waals surface area contributed by atoms with Gasteiger partial charge in [0.15, 0.2) is 5.13 Å². The van der Waals surface area contributed by atoms with Gasteiger partial charge in [-0.25, -0.2) is 4.98 Å². The number of carbonyl (C=O) groups excluding carboxylic acids is 2. The molecule has 1 N–H and O–H groups in total. The van der Waals surface area contributed by atoms with Crippen LogP contribution in [0.4, 0.5) is 5.13 Å². The summed E-state index contributed by atoms with van der Waals surface area (Å²) < 4.78 is 0. The zero-order valence-electron chi connectivity index (χ0n) is 17.4. The van der Waals surface area contributed by atoms with E-state index in [1.807, 2.05) is 34.5 Å². The second kappa shape index (κ2) is 7.90. The molecule has 6 heteroatoms.